The molecule has 1 aromatic heterocycles. The maximum atomic E-state index is 10.6. The molecule has 1 unspecified atom stereocenters. The molecule has 0 radical (unpaired) electrons. The first-order chi connectivity index (χ1) is 6.20. The Balaban J connectivity index is 3.21. The molecule has 0 aliphatic heterocycles. The lowest BCUT2D eigenvalue weighted by Crippen LogP contribution is -1.97. The molecule has 13 heavy (non-hydrogen) atoms. The van der Waals surface area contributed by atoms with Crippen LogP contribution in [0.5, 0.6) is 5.75 Å². The average molecular weight is 199 g/mol. The van der Waals surface area contributed by atoms with E-state index in [1.54, 1.807) is 6.92 Å². The van der Waals surface area contributed by atoms with Crippen molar-refractivity contribution in [3.05, 3.63) is 23.0 Å². The SMILES string of the molecule is Cc1ncc(COP)c(C=O)c1O. The number of aryl methyl sites for hydroxylation is 1. The van der Waals surface area contributed by atoms with Gasteiger partial charge in [-0.05, 0) is 6.92 Å². The van der Waals surface area contributed by atoms with Crippen LogP contribution in [-0.4, -0.2) is 16.4 Å². The standard InChI is InChI=1S/C8H10NO3P/c1-5-8(11)7(3-10)6(2-9-5)4-12-13/h2-3,11H,4,13H2,1H3. The predicted octanol–water partition coefficient (Wildman–Crippen LogP) is 1.21. The van der Waals surface area contributed by atoms with Crippen LogP contribution in [0.2, 0.25) is 0 Å². The Morgan fingerprint density at radius 2 is 2.46 bits per heavy atom. The molecule has 0 aliphatic carbocycles. The number of rotatable bonds is 3. The number of aldehydes is 1. The van der Waals surface area contributed by atoms with Gasteiger partial charge in [-0.25, -0.2) is 0 Å². The van der Waals surface area contributed by atoms with E-state index in [2.05, 4.69) is 14.5 Å². The van der Waals surface area contributed by atoms with E-state index in [9.17, 15) is 9.90 Å². The average Bonchev–Trinajstić information content (AvgIpc) is 2.12. The monoisotopic (exact) mass is 199 g/mol. The van der Waals surface area contributed by atoms with Gasteiger partial charge in [-0.15, -0.1) is 0 Å². The van der Waals surface area contributed by atoms with Gasteiger partial charge in [-0.2, -0.15) is 0 Å². The number of carbonyl (C=O) groups is 1. The number of hydrogen-bond donors (Lipinski definition) is 1. The number of aromatic nitrogens is 1. The third-order valence-electron chi connectivity index (χ3n) is 1.71. The fraction of sp³-hybridized carbons (Fsp3) is 0.250. The van der Waals surface area contributed by atoms with Crippen molar-refractivity contribution >= 4 is 15.8 Å². The summed E-state index contributed by atoms with van der Waals surface area (Å²) in [5.74, 6) is -0.0745. The predicted molar refractivity (Wildman–Crippen MR) is 50.5 cm³/mol. The smallest absolute Gasteiger partial charge is 0.154 e. The molecule has 1 heterocycles. The van der Waals surface area contributed by atoms with Gasteiger partial charge < -0.3 is 9.63 Å². The maximum absolute atomic E-state index is 10.6. The molecule has 1 rings (SSSR count). The Kier molecular flexibility index (Phi) is 3.34. The van der Waals surface area contributed by atoms with Crippen LogP contribution in [-0.2, 0) is 11.1 Å². The lowest BCUT2D eigenvalue weighted by molar-refractivity contribution is 0.111. The molecular formula is C8H10NO3P. The Morgan fingerprint density at radius 3 is 3.00 bits per heavy atom. The van der Waals surface area contributed by atoms with Crippen molar-refractivity contribution < 1.29 is 14.4 Å². The number of nitrogens with zero attached hydrogens (tertiary/aromatic N) is 1. The van der Waals surface area contributed by atoms with Crippen molar-refractivity contribution in [2.45, 2.75) is 13.5 Å². The van der Waals surface area contributed by atoms with Crippen molar-refractivity contribution in [2.24, 2.45) is 0 Å². The quantitative estimate of drug-likeness (QED) is 0.587. The molecule has 0 aromatic carbocycles. The number of hydrogen-bond acceptors (Lipinski definition) is 4. The summed E-state index contributed by atoms with van der Waals surface area (Å²) < 4.78 is 4.77. The van der Waals surface area contributed by atoms with Crippen LogP contribution < -0.4 is 0 Å². The molecule has 4 nitrogen and oxygen atoms in total. The summed E-state index contributed by atoms with van der Waals surface area (Å²) in [7, 11) is 2.07. The summed E-state index contributed by atoms with van der Waals surface area (Å²) in [5, 5.41) is 9.45. The van der Waals surface area contributed by atoms with Gasteiger partial charge in [0.15, 0.2) is 6.29 Å². The second-order valence-corrected chi connectivity index (χ2v) is 2.89. The fourth-order valence-electron chi connectivity index (χ4n) is 0.989. The minimum atomic E-state index is -0.0745. The minimum absolute atomic E-state index is 0.0745. The van der Waals surface area contributed by atoms with E-state index >= 15 is 0 Å². The zero-order valence-electron chi connectivity index (χ0n) is 7.15. The first-order valence-corrected chi connectivity index (χ1v) is 4.12. The molecule has 1 N–H and O–H groups in total. The van der Waals surface area contributed by atoms with Gasteiger partial charge in [0.2, 0.25) is 0 Å². The van der Waals surface area contributed by atoms with Gasteiger partial charge in [0.25, 0.3) is 0 Å². The van der Waals surface area contributed by atoms with Crippen molar-refractivity contribution in [1.29, 1.82) is 0 Å². The molecule has 0 amide bonds. The first-order valence-electron chi connectivity index (χ1n) is 3.65. The summed E-state index contributed by atoms with van der Waals surface area (Å²) in [6.45, 7) is 1.87. The van der Waals surface area contributed by atoms with Crippen molar-refractivity contribution in [3.63, 3.8) is 0 Å². The highest BCUT2D eigenvalue weighted by molar-refractivity contribution is 7.09. The molecule has 0 fully saturated rings. The summed E-state index contributed by atoms with van der Waals surface area (Å²) >= 11 is 0. The number of pyridine rings is 1. The van der Waals surface area contributed by atoms with Crippen LogP contribution in [0.15, 0.2) is 6.20 Å². The van der Waals surface area contributed by atoms with E-state index in [0.29, 0.717) is 17.5 Å². The largest absolute Gasteiger partial charge is 0.505 e. The van der Waals surface area contributed by atoms with Gasteiger partial charge in [0.05, 0.1) is 17.9 Å². The van der Waals surface area contributed by atoms with Gasteiger partial charge in [0, 0.05) is 21.2 Å². The normalized spacial score (nSPS) is 10.0. The molecule has 0 saturated carbocycles. The van der Waals surface area contributed by atoms with E-state index in [1.165, 1.54) is 6.20 Å². The second kappa shape index (κ2) is 4.30. The van der Waals surface area contributed by atoms with Crippen molar-refractivity contribution in [3.8, 4) is 5.75 Å². The molecule has 0 spiro atoms. The summed E-state index contributed by atoms with van der Waals surface area (Å²) in [6.07, 6.45) is 2.12. The van der Waals surface area contributed by atoms with Crippen molar-refractivity contribution in [1.82, 2.24) is 4.98 Å². The van der Waals surface area contributed by atoms with Gasteiger partial charge >= 0.3 is 0 Å². The van der Waals surface area contributed by atoms with Crippen LogP contribution in [0.1, 0.15) is 21.6 Å². The molecule has 0 saturated heterocycles. The van der Waals surface area contributed by atoms with Crippen LogP contribution in [0.3, 0.4) is 0 Å². The lowest BCUT2D eigenvalue weighted by atomic mass is 10.1. The highest BCUT2D eigenvalue weighted by atomic mass is 31.0. The van der Waals surface area contributed by atoms with Gasteiger partial charge in [-0.1, -0.05) is 0 Å². The van der Waals surface area contributed by atoms with E-state index in [-0.39, 0.29) is 17.9 Å². The molecule has 70 valence electrons. The third-order valence-corrected chi connectivity index (χ3v) is 1.88. The molecule has 5 heteroatoms. The Labute approximate surface area is 78.2 Å². The van der Waals surface area contributed by atoms with Crippen LogP contribution in [0.4, 0.5) is 0 Å². The minimum Gasteiger partial charge on any atom is -0.505 e. The third kappa shape index (κ3) is 2.02. The fourth-order valence-corrected chi connectivity index (χ4v) is 1.17. The molecule has 1 atom stereocenters. The number of aromatic hydroxyl groups is 1. The van der Waals surface area contributed by atoms with E-state index in [1.807, 2.05) is 0 Å². The van der Waals surface area contributed by atoms with Crippen LogP contribution >= 0.6 is 9.47 Å². The molecule has 1 aromatic rings. The Bertz CT molecular complexity index is 327. The summed E-state index contributed by atoms with van der Waals surface area (Å²) in [4.78, 5) is 14.5. The number of carbonyl (C=O) groups excluding carboxylic acids is 1. The maximum Gasteiger partial charge on any atom is 0.154 e. The topological polar surface area (TPSA) is 59.4 Å². The summed E-state index contributed by atoms with van der Waals surface area (Å²) in [6, 6.07) is 0. The van der Waals surface area contributed by atoms with Gasteiger partial charge in [0.1, 0.15) is 5.75 Å². The van der Waals surface area contributed by atoms with E-state index < -0.39 is 0 Å². The van der Waals surface area contributed by atoms with E-state index in [0.717, 1.165) is 0 Å². The van der Waals surface area contributed by atoms with Crippen LogP contribution in [0, 0.1) is 6.92 Å². The van der Waals surface area contributed by atoms with Crippen LogP contribution in [0.25, 0.3) is 0 Å². The van der Waals surface area contributed by atoms with Crippen molar-refractivity contribution in [2.75, 3.05) is 0 Å². The van der Waals surface area contributed by atoms with Gasteiger partial charge in [-0.3, -0.25) is 9.78 Å². The zero-order valence-corrected chi connectivity index (χ0v) is 8.30. The Hall–Kier alpha value is -0.990. The first kappa shape index (κ1) is 10.1. The highest BCUT2D eigenvalue weighted by Crippen LogP contribution is 2.22. The summed E-state index contributed by atoms with van der Waals surface area (Å²) in [5.41, 5.74) is 1.26. The second-order valence-electron chi connectivity index (χ2n) is 2.56. The Morgan fingerprint density at radius 1 is 1.77 bits per heavy atom. The van der Waals surface area contributed by atoms with E-state index in [4.69, 9.17) is 4.52 Å². The molecular weight excluding hydrogens is 189 g/mol. The highest BCUT2D eigenvalue weighted by Gasteiger charge is 2.10. The lowest BCUT2D eigenvalue weighted by Gasteiger charge is -2.06. The molecule has 0 aliphatic rings. The zero-order chi connectivity index (χ0) is 9.84. The molecule has 0 bridgehead atoms.